The molecule has 0 bridgehead atoms. The number of nitrogens with zero attached hydrogens (tertiary/aromatic N) is 2. The number of aromatic nitrogens is 1. The number of halogens is 1. The van der Waals surface area contributed by atoms with E-state index >= 15 is 0 Å². The van der Waals surface area contributed by atoms with Gasteiger partial charge in [0.25, 0.3) is 0 Å². The molecule has 1 aromatic heterocycles. The van der Waals surface area contributed by atoms with Crippen molar-refractivity contribution < 1.29 is 0 Å². The summed E-state index contributed by atoms with van der Waals surface area (Å²) in [6.45, 7) is 5.99. The average molecular weight is 444 g/mol. The summed E-state index contributed by atoms with van der Waals surface area (Å²) in [5.74, 6) is 0.815. The van der Waals surface area contributed by atoms with Crippen LogP contribution in [0.1, 0.15) is 19.4 Å². The van der Waals surface area contributed by atoms with Crippen LogP contribution >= 0.6 is 35.7 Å². The second-order valence-corrected chi connectivity index (χ2v) is 7.25. The van der Waals surface area contributed by atoms with Gasteiger partial charge in [-0.15, -0.1) is 24.0 Å². The van der Waals surface area contributed by atoms with Gasteiger partial charge in [-0.2, -0.15) is 11.8 Å². The van der Waals surface area contributed by atoms with E-state index in [1.54, 1.807) is 7.05 Å². The molecule has 6 heteroatoms. The molecule has 4 nitrogen and oxygen atoms in total. The molecular weight excluding hydrogens is 419 g/mol. The van der Waals surface area contributed by atoms with Crippen molar-refractivity contribution in [3.05, 3.63) is 42.1 Å². The first-order valence-corrected chi connectivity index (χ1v) is 8.60. The molecule has 1 aromatic carbocycles. The van der Waals surface area contributed by atoms with Crippen molar-refractivity contribution in [2.75, 3.05) is 19.8 Å². The topological polar surface area (TPSA) is 49.3 Å². The van der Waals surface area contributed by atoms with Crippen LogP contribution in [0.5, 0.6) is 0 Å². The summed E-state index contributed by atoms with van der Waals surface area (Å²) in [7, 11) is 1.79. The summed E-state index contributed by atoms with van der Waals surface area (Å²) in [5, 5.41) is 7.90. The number of hydrogen-bond acceptors (Lipinski definition) is 3. The van der Waals surface area contributed by atoms with Crippen LogP contribution in [0.25, 0.3) is 10.9 Å². The van der Waals surface area contributed by atoms with E-state index in [9.17, 15) is 0 Å². The number of para-hydroxylation sites is 1. The molecule has 0 saturated carbocycles. The maximum absolute atomic E-state index is 4.48. The maximum Gasteiger partial charge on any atom is 0.191 e. The van der Waals surface area contributed by atoms with Crippen molar-refractivity contribution >= 4 is 52.6 Å². The molecule has 0 unspecified atom stereocenters. The fourth-order valence-electron chi connectivity index (χ4n) is 2.08. The van der Waals surface area contributed by atoms with Gasteiger partial charge in [-0.25, -0.2) is 0 Å². The molecule has 0 atom stereocenters. The highest BCUT2D eigenvalue weighted by Crippen LogP contribution is 2.19. The molecule has 0 amide bonds. The largest absolute Gasteiger partial charge is 0.355 e. The normalized spacial score (nSPS) is 11.9. The van der Waals surface area contributed by atoms with Gasteiger partial charge in [0, 0.05) is 36.5 Å². The number of benzene rings is 1. The van der Waals surface area contributed by atoms with Crippen molar-refractivity contribution in [3.8, 4) is 0 Å². The minimum Gasteiger partial charge on any atom is -0.355 e. The molecule has 0 fully saturated rings. The highest BCUT2D eigenvalue weighted by molar-refractivity contribution is 14.0. The predicted molar refractivity (Wildman–Crippen MR) is 113 cm³/mol. The average Bonchev–Trinajstić information content (AvgIpc) is 2.55. The van der Waals surface area contributed by atoms with Gasteiger partial charge in [-0.1, -0.05) is 24.3 Å². The second kappa shape index (κ2) is 9.32. The summed E-state index contributed by atoms with van der Waals surface area (Å²) < 4.78 is 0.179. The summed E-state index contributed by atoms with van der Waals surface area (Å²) in [5.41, 5.74) is 2.21. The number of pyridine rings is 1. The molecule has 0 spiro atoms. The lowest BCUT2D eigenvalue weighted by Gasteiger charge is -2.23. The SMILES string of the molecule is CN=C(NCc1cccc2cccnc12)NCC(C)(C)SC.I. The third kappa shape index (κ3) is 5.84. The number of thioether (sulfide) groups is 1. The van der Waals surface area contributed by atoms with Gasteiger partial charge < -0.3 is 10.6 Å². The fourth-order valence-corrected chi connectivity index (χ4v) is 2.29. The molecule has 2 rings (SSSR count). The highest BCUT2D eigenvalue weighted by Gasteiger charge is 2.16. The van der Waals surface area contributed by atoms with E-state index < -0.39 is 0 Å². The number of fused-ring (bicyclic) bond motifs is 1. The Labute approximate surface area is 160 Å². The van der Waals surface area contributed by atoms with Crippen molar-refractivity contribution in [2.45, 2.75) is 25.1 Å². The van der Waals surface area contributed by atoms with E-state index in [2.05, 4.69) is 65.0 Å². The Morgan fingerprint density at radius 1 is 1.22 bits per heavy atom. The molecule has 2 N–H and O–H groups in total. The minimum atomic E-state index is 0. The lowest BCUT2D eigenvalue weighted by atomic mass is 10.1. The number of guanidine groups is 1. The first-order chi connectivity index (χ1) is 10.6. The van der Waals surface area contributed by atoms with Gasteiger partial charge in [0.2, 0.25) is 0 Å². The van der Waals surface area contributed by atoms with Gasteiger partial charge >= 0.3 is 0 Å². The third-order valence-corrected chi connectivity index (χ3v) is 4.87. The summed E-state index contributed by atoms with van der Waals surface area (Å²) >= 11 is 1.84. The highest BCUT2D eigenvalue weighted by atomic mass is 127. The van der Waals surface area contributed by atoms with Gasteiger partial charge in [-0.3, -0.25) is 9.98 Å². The Morgan fingerprint density at radius 2 is 1.96 bits per heavy atom. The van der Waals surface area contributed by atoms with Crippen molar-refractivity contribution in [3.63, 3.8) is 0 Å². The molecule has 0 radical (unpaired) electrons. The lowest BCUT2D eigenvalue weighted by Crippen LogP contribution is -2.43. The Balaban J connectivity index is 0.00000264. The van der Waals surface area contributed by atoms with Crippen LogP contribution in [0.4, 0.5) is 0 Å². The number of aliphatic imine (C=N–C) groups is 1. The number of rotatable bonds is 5. The Kier molecular flexibility index (Phi) is 8.11. The smallest absolute Gasteiger partial charge is 0.191 e. The Bertz CT molecular complexity index is 653. The maximum atomic E-state index is 4.48. The van der Waals surface area contributed by atoms with Crippen LogP contribution in [0.3, 0.4) is 0 Å². The van der Waals surface area contributed by atoms with Crippen LogP contribution in [0.2, 0.25) is 0 Å². The van der Waals surface area contributed by atoms with E-state index in [1.165, 1.54) is 5.56 Å². The second-order valence-electron chi connectivity index (χ2n) is 5.74. The van der Waals surface area contributed by atoms with E-state index in [1.807, 2.05) is 24.0 Å². The summed E-state index contributed by atoms with van der Waals surface area (Å²) in [6.07, 6.45) is 3.96. The van der Waals surface area contributed by atoms with Gasteiger partial charge in [0.1, 0.15) is 0 Å². The summed E-state index contributed by atoms with van der Waals surface area (Å²) in [6, 6.07) is 10.3. The Hall–Kier alpha value is -1.02. The predicted octanol–water partition coefficient (Wildman–Crippen LogP) is 3.66. The molecule has 0 saturated heterocycles. The molecular formula is C17H25IN4S. The van der Waals surface area contributed by atoms with Gasteiger partial charge in [0.05, 0.1) is 5.52 Å². The monoisotopic (exact) mass is 444 g/mol. The number of nitrogens with one attached hydrogen (secondary N) is 2. The zero-order valence-electron chi connectivity index (χ0n) is 14.1. The van der Waals surface area contributed by atoms with E-state index in [0.717, 1.165) is 23.4 Å². The van der Waals surface area contributed by atoms with Crippen LogP contribution in [-0.4, -0.2) is 35.5 Å². The van der Waals surface area contributed by atoms with E-state index in [0.29, 0.717) is 6.54 Å². The van der Waals surface area contributed by atoms with Crippen LogP contribution in [0, 0.1) is 0 Å². The molecule has 23 heavy (non-hydrogen) atoms. The standard InChI is InChI=1S/C17H24N4S.HI/c1-17(2,22-4)12-21-16(18-3)20-11-14-8-5-7-13-9-6-10-19-15(13)14;/h5-10H,11-12H2,1-4H3,(H2,18,20,21);1H. The quantitative estimate of drug-likeness (QED) is 0.420. The molecule has 2 aromatic rings. The van der Waals surface area contributed by atoms with E-state index in [-0.39, 0.29) is 28.7 Å². The number of hydrogen-bond donors (Lipinski definition) is 2. The molecule has 0 aliphatic carbocycles. The van der Waals surface area contributed by atoms with Gasteiger partial charge in [-0.05, 0) is 31.7 Å². The zero-order chi connectivity index (χ0) is 16.0. The fraction of sp³-hybridized carbons (Fsp3) is 0.412. The molecule has 0 aliphatic heterocycles. The lowest BCUT2D eigenvalue weighted by molar-refractivity contribution is 0.664. The van der Waals surface area contributed by atoms with Crippen LogP contribution in [0.15, 0.2) is 41.5 Å². The van der Waals surface area contributed by atoms with Crippen molar-refractivity contribution in [1.82, 2.24) is 15.6 Å². The first-order valence-electron chi connectivity index (χ1n) is 7.38. The van der Waals surface area contributed by atoms with Crippen LogP contribution in [-0.2, 0) is 6.54 Å². The Morgan fingerprint density at radius 3 is 2.65 bits per heavy atom. The summed E-state index contributed by atoms with van der Waals surface area (Å²) in [4.78, 5) is 8.77. The van der Waals surface area contributed by atoms with Crippen molar-refractivity contribution in [2.24, 2.45) is 4.99 Å². The van der Waals surface area contributed by atoms with Crippen molar-refractivity contribution in [1.29, 1.82) is 0 Å². The molecule has 126 valence electrons. The van der Waals surface area contributed by atoms with Gasteiger partial charge in [0.15, 0.2) is 5.96 Å². The first kappa shape index (κ1) is 20.0. The van der Waals surface area contributed by atoms with E-state index in [4.69, 9.17) is 0 Å². The third-order valence-electron chi connectivity index (χ3n) is 3.62. The molecule has 1 heterocycles. The van der Waals surface area contributed by atoms with Crippen LogP contribution < -0.4 is 10.6 Å². The minimum absolute atomic E-state index is 0. The molecule has 0 aliphatic rings. The zero-order valence-corrected chi connectivity index (χ0v) is 17.2.